The molecule has 2 nitrogen and oxygen atoms in total. The van der Waals surface area contributed by atoms with Gasteiger partial charge in [0.05, 0.1) is 0 Å². The number of hydrogen-bond acceptors (Lipinski definition) is 2. The lowest BCUT2D eigenvalue weighted by molar-refractivity contribution is 0.208. The van der Waals surface area contributed by atoms with Crippen LogP contribution in [0.3, 0.4) is 0 Å². The first-order valence-corrected chi connectivity index (χ1v) is 11.1. The number of hydrogen-bond donors (Lipinski definition) is 1. The first-order valence-electron chi connectivity index (χ1n) is 11.1. The highest BCUT2D eigenvalue weighted by Crippen LogP contribution is 2.13. The lowest BCUT2D eigenvalue weighted by Crippen LogP contribution is -2.45. The highest BCUT2D eigenvalue weighted by atomic mass is 16.5. The van der Waals surface area contributed by atoms with Crippen LogP contribution in [0.25, 0.3) is 0 Å². The molecule has 1 N–H and O–H groups in total. The summed E-state index contributed by atoms with van der Waals surface area (Å²) in [7, 11) is 0. The van der Waals surface area contributed by atoms with Crippen LogP contribution in [0.15, 0.2) is 30.3 Å². The molecule has 0 aromatic heterocycles. The maximum absolute atomic E-state index is 5.87. The minimum Gasteiger partial charge on any atom is -0.492 e. The summed E-state index contributed by atoms with van der Waals surface area (Å²) < 4.78 is 5.87. The average Bonchev–Trinajstić information content (AvgIpc) is 2.65. The molecule has 0 fully saturated rings. The average molecular weight is 362 g/mol. The third-order valence-electron chi connectivity index (χ3n) is 4.98. The minimum absolute atomic E-state index is 0.0214. The molecule has 0 saturated heterocycles. The Kier molecular flexibility index (Phi) is 13.4. The fourth-order valence-electron chi connectivity index (χ4n) is 3.22. The predicted octanol–water partition coefficient (Wildman–Crippen LogP) is 7.13. The van der Waals surface area contributed by atoms with Gasteiger partial charge in [0.1, 0.15) is 12.4 Å². The molecule has 0 heterocycles. The van der Waals surface area contributed by atoms with Crippen molar-refractivity contribution in [1.29, 1.82) is 0 Å². The molecule has 1 rings (SSSR count). The molecule has 0 amide bonds. The van der Waals surface area contributed by atoms with E-state index in [1.807, 2.05) is 30.3 Å². The van der Waals surface area contributed by atoms with Crippen molar-refractivity contribution in [1.82, 2.24) is 5.32 Å². The fraction of sp³-hybridized carbons (Fsp3) is 0.750. The number of para-hydroxylation sites is 1. The van der Waals surface area contributed by atoms with Crippen LogP contribution >= 0.6 is 0 Å². The Morgan fingerprint density at radius 2 is 1.23 bits per heavy atom. The van der Waals surface area contributed by atoms with Crippen LogP contribution in [0, 0.1) is 0 Å². The highest BCUT2D eigenvalue weighted by molar-refractivity contribution is 5.21. The molecule has 0 atom stereocenters. The van der Waals surface area contributed by atoms with Crippen LogP contribution in [0.4, 0.5) is 0 Å². The number of nitrogens with one attached hydrogen (secondary N) is 1. The summed E-state index contributed by atoms with van der Waals surface area (Å²) in [5.74, 6) is 0.952. The van der Waals surface area contributed by atoms with E-state index in [9.17, 15) is 0 Å². The van der Waals surface area contributed by atoms with Crippen molar-refractivity contribution in [3.63, 3.8) is 0 Å². The third-order valence-corrected chi connectivity index (χ3v) is 4.98. The molecule has 1 aromatic carbocycles. The molecule has 0 bridgehead atoms. The van der Waals surface area contributed by atoms with Gasteiger partial charge in [0.2, 0.25) is 0 Å². The van der Waals surface area contributed by atoms with Crippen LogP contribution in [0.1, 0.15) is 97.8 Å². The molecule has 0 aliphatic rings. The summed E-state index contributed by atoms with van der Waals surface area (Å²) in [5.41, 5.74) is 0.0214. The van der Waals surface area contributed by atoms with Crippen molar-refractivity contribution in [3.8, 4) is 5.75 Å². The summed E-state index contributed by atoms with van der Waals surface area (Å²) in [6, 6.07) is 10.1. The summed E-state index contributed by atoms with van der Waals surface area (Å²) in [5, 5.41) is 3.64. The second-order valence-electron chi connectivity index (χ2n) is 8.30. The van der Waals surface area contributed by atoms with Crippen LogP contribution in [-0.4, -0.2) is 18.7 Å². The summed E-state index contributed by atoms with van der Waals surface area (Å²) in [6.45, 7) is 8.51. The Hall–Kier alpha value is -1.02. The van der Waals surface area contributed by atoms with Crippen LogP contribution < -0.4 is 10.1 Å². The van der Waals surface area contributed by atoms with Crippen molar-refractivity contribution in [2.24, 2.45) is 0 Å². The summed E-state index contributed by atoms with van der Waals surface area (Å²) in [4.78, 5) is 0. The zero-order valence-corrected chi connectivity index (χ0v) is 17.7. The van der Waals surface area contributed by atoms with Crippen molar-refractivity contribution >= 4 is 0 Å². The molecule has 26 heavy (non-hydrogen) atoms. The van der Waals surface area contributed by atoms with E-state index < -0.39 is 0 Å². The first kappa shape index (κ1) is 23.0. The molecular weight excluding hydrogens is 318 g/mol. The van der Waals surface area contributed by atoms with Gasteiger partial charge in [-0.15, -0.1) is 0 Å². The molecule has 150 valence electrons. The van der Waals surface area contributed by atoms with Gasteiger partial charge in [0.25, 0.3) is 0 Å². The van der Waals surface area contributed by atoms with E-state index in [2.05, 4.69) is 26.1 Å². The van der Waals surface area contributed by atoms with Gasteiger partial charge in [0, 0.05) is 5.54 Å². The molecule has 0 spiro atoms. The standard InChI is InChI=1S/C24H43NO/c1-4-5-6-7-8-9-10-11-12-13-14-18-21-25-24(2,3)22-26-23-19-16-15-17-20-23/h15-17,19-20,25H,4-14,18,21-22H2,1-3H3. The minimum atomic E-state index is 0.0214. The molecule has 0 aliphatic heterocycles. The van der Waals surface area contributed by atoms with Gasteiger partial charge in [-0.3, -0.25) is 0 Å². The highest BCUT2D eigenvalue weighted by Gasteiger charge is 2.17. The van der Waals surface area contributed by atoms with E-state index in [4.69, 9.17) is 4.74 Å². The number of unbranched alkanes of at least 4 members (excludes halogenated alkanes) is 11. The number of benzene rings is 1. The van der Waals surface area contributed by atoms with E-state index in [0.717, 1.165) is 12.3 Å². The maximum atomic E-state index is 5.87. The summed E-state index contributed by atoms with van der Waals surface area (Å²) >= 11 is 0. The first-order chi connectivity index (χ1) is 12.6. The number of rotatable bonds is 17. The Labute approximate surface area is 163 Å². The predicted molar refractivity (Wildman–Crippen MR) is 115 cm³/mol. The SMILES string of the molecule is CCCCCCCCCCCCCCNC(C)(C)COc1ccccc1. The van der Waals surface area contributed by atoms with Gasteiger partial charge in [-0.25, -0.2) is 0 Å². The Morgan fingerprint density at radius 1 is 0.731 bits per heavy atom. The van der Waals surface area contributed by atoms with Gasteiger partial charge in [-0.2, -0.15) is 0 Å². The molecule has 0 saturated carbocycles. The van der Waals surface area contributed by atoms with Gasteiger partial charge >= 0.3 is 0 Å². The van der Waals surface area contributed by atoms with Crippen molar-refractivity contribution < 1.29 is 4.74 Å². The zero-order valence-electron chi connectivity index (χ0n) is 17.7. The van der Waals surface area contributed by atoms with Crippen molar-refractivity contribution in [2.45, 2.75) is 103 Å². The van der Waals surface area contributed by atoms with E-state index in [-0.39, 0.29) is 5.54 Å². The lowest BCUT2D eigenvalue weighted by atomic mass is 10.0. The van der Waals surface area contributed by atoms with Crippen LogP contribution in [-0.2, 0) is 0 Å². The van der Waals surface area contributed by atoms with Gasteiger partial charge in [-0.1, -0.05) is 95.8 Å². The monoisotopic (exact) mass is 361 g/mol. The topological polar surface area (TPSA) is 21.3 Å². The summed E-state index contributed by atoms with van der Waals surface area (Å²) in [6.07, 6.45) is 16.8. The third kappa shape index (κ3) is 13.2. The van der Waals surface area contributed by atoms with E-state index >= 15 is 0 Å². The van der Waals surface area contributed by atoms with Gasteiger partial charge in [0.15, 0.2) is 0 Å². The largest absolute Gasteiger partial charge is 0.492 e. The Bertz CT molecular complexity index is 415. The van der Waals surface area contributed by atoms with Crippen LogP contribution in [0.2, 0.25) is 0 Å². The van der Waals surface area contributed by atoms with Gasteiger partial charge < -0.3 is 10.1 Å². The zero-order chi connectivity index (χ0) is 18.9. The quantitative estimate of drug-likeness (QED) is 0.298. The Balaban J connectivity index is 1.88. The van der Waals surface area contributed by atoms with E-state index in [0.29, 0.717) is 6.61 Å². The van der Waals surface area contributed by atoms with Crippen molar-refractivity contribution in [2.75, 3.05) is 13.2 Å². The Morgan fingerprint density at radius 3 is 1.77 bits per heavy atom. The van der Waals surface area contributed by atoms with Gasteiger partial charge in [-0.05, 0) is 38.9 Å². The molecule has 0 aliphatic carbocycles. The van der Waals surface area contributed by atoms with E-state index in [1.165, 1.54) is 77.0 Å². The second kappa shape index (κ2) is 15.1. The molecule has 2 heteroatoms. The maximum Gasteiger partial charge on any atom is 0.119 e. The second-order valence-corrected chi connectivity index (χ2v) is 8.30. The lowest BCUT2D eigenvalue weighted by Gasteiger charge is -2.26. The number of ether oxygens (including phenoxy) is 1. The van der Waals surface area contributed by atoms with E-state index in [1.54, 1.807) is 0 Å². The molecule has 0 radical (unpaired) electrons. The van der Waals surface area contributed by atoms with Crippen LogP contribution in [0.5, 0.6) is 5.75 Å². The molecule has 0 unspecified atom stereocenters. The molecular formula is C24H43NO. The smallest absolute Gasteiger partial charge is 0.119 e. The van der Waals surface area contributed by atoms with Crippen molar-refractivity contribution in [3.05, 3.63) is 30.3 Å². The molecule has 1 aromatic rings. The normalized spacial score (nSPS) is 11.7. The fourth-order valence-corrected chi connectivity index (χ4v) is 3.22.